The van der Waals surface area contributed by atoms with Gasteiger partial charge in [-0.15, -0.1) is 0 Å². The van der Waals surface area contributed by atoms with E-state index in [-0.39, 0.29) is 11.9 Å². The van der Waals surface area contributed by atoms with Crippen molar-refractivity contribution in [2.45, 2.75) is 33.8 Å². The Bertz CT molecular complexity index is 287. The summed E-state index contributed by atoms with van der Waals surface area (Å²) in [4.78, 5) is 0. The molecule has 0 aromatic rings. The minimum Gasteiger partial charge on any atom is -0.379 e. The maximum Gasteiger partial charge on any atom is 0.209 e. The molecule has 0 bridgehead atoms. The van der Waals surface area contributed by atoms with Gasteiger partial charge < -0.3 is 9.47 Å². The summed E-state index contributed by atoms with van der Waals surface area (Å²) in [5.41, 5.74) is -0.478. The van der Waals surface area contributed by atoms with Crippen molar-refractivity contribution in [3.63, 3.8) is 0 Å². The van der Waals surface area contributed by atoms with E-state index in [4.69, 9.17) is 14.6 Å². The van der Waals surface area contributed by atoms with E-state index in [2.05, 4.69) is 0 Å². The molecule has 0 heterocycles. The van der Waals surface area contributed by atoms with E-state index < -0.39 is 15.4 Å². The number of ether oxygens (including phenoxy) is 2. The minimum atomic E-state index is -3.46. The van der Waals surface area contributed by atoms with Crippen molar-refractivity contribution >= 4 is 10.0 Å². The quantitative estimate of drug-likeness (QED) is 0.692. The lowest BCUT2D eigenvalue weighted by Gasteiger charge is -2.25. The highest BCUT2D eigenvalue weighted by molar-refractivity contribution is 7.89. The summed E-state index contributed by atoms with van der Waals surface area (Å²) in [5.74, 6) is -0.0820. The molecule has 0 saturated carbocycles. The lowest BCUT2D eigenvalue weighted by atomic mass is 9.98. The highest BCUT2D eigenvalue weighted by Gasteiger charge is 2.25. The molecule has 0 aliphatic carbocycles. The summed E-state index contributed by atoms with van der Waals surface area (Å²) < 4.78 is 32.6. The van der Waals surface area contributed by atoms with Crippen molar-refractivity contribution in [3.05, 3.63) is 0 Å². The lowest BCUT2D eigenvalue weighted by molar-refractivity contribution is -0.0287. The fraction of sp³-hybridized carbons (Fsp3) is 1.00. The molecule has 0 radical (unpaired) electrons. The van der Waals surface area contributed by atoms with Gasteiger partial charge >= 0.3 is 0 Å². The van der Waals surface area contributed by atoms with Crippen LogP contribution in [0, 0.1) is 5.41 Å². The van der Waals surface area contributed by atoms with Crippen LogP contribution < -0.4 is 5.14 Å². The Balaban J connectivity index is 3.98. The van der Waals surface area contributed by atoms with Crippen LogP contribution >= 0.6 is 0 Å². The lowest BCUT2D eigenvalue weighted by Crippen LogP contribution is -2.34. The van der Waals surface area contributed by atoms with Crippen molar-refractivity contribution in [3.8, 4) is 0 Å². The second kappa shape index (κ2) is 6.54. The van der Waals surface area contributed by atoms with Gasteiger partial charge in [0, 0.05) is 12.0 Å². The highest BCUT2D eigenvalue weighted by Crippen LogP contribution is 2.18. The molecule has 1 unspecified atom stereocenters. The number of primary sulfonamides is 1. The van der Waals surface area contributed by atoms with Gasteiger partial charge in [-0.25, -0.2) is 13.6 Å². The van der Waals surface area contributed by atoms with Crippen molar-refractivity contribution in [1.82, 2.24) is 0 Å². The molecule has 0 aliphatic rings. The number of rotatable bonds is 8. The summed E-state index contributed by atoms with van der Waals surface area (Å²) >= 11 is 0. The van der Waals surface area contributed by atoms with E-state index in [1.165, 1.54) is 0 Å². The van der Waals surface area contributed by atoms with Gasteiger partial charge in [-0.05, 0) is 13.8 Å². The Labute approximate surface area is 98.4 Å². The SMILES string of the molecule is CCOCC(C)OCC(C)(C)CS(N)(=O)=O. The maximum atomic E-state index is 11.0. The summed E-state index contributed by atoms with van der Waals surface area (Å²) in [6.07, 6.45) is -0.0419. The van der Waals surface area contributed by atoms with E-state index in [1.54, 1.807) is 0 Å². The van der Waals surface area contributed by atoms with Crippen LogP contribution in [0.25, 0.3) is 0 Å². The molecular weight excluding hydrogens is 230 g/mol. The zero-order chi connectivity index (χ0) is 12.8. The second-order valence-electron chi connectivity index (χ2n) is 4.75. The number of hydrogen-bond acceptors (Lipinski definition) is 4. The van der Waals surface area contributed by atoms with Gasteiger partial charge in [0.1, 0.15) is 0 Å². The predicted molar refractivity (Wildman–Crippen MR) is 63.7 cm³/mol. The first kappa shape index (κ1) is 15.8. The van der Waals surface area contributed by atoms with E-state index in [0.29, 0.717) is 19.8 Å². The van der Waals surface area contributed by atoms with Crippen molar-refractivity contribution in [2.75, 3.05) is 25.6 Å². The molecule has 16 heavy (non-hydrogen) atoms. The van der Waals surface area contributed by atoms with Gasteiger partial charge in [-0.3, -0.25) is 0 Å². The van der Waals surface area contributed by atoms with Gasteiger partial charge in [-0.2, -0.15) is 0 Å². The molecule has 0 amide bonds. The topological polar surface area (TPSA) is 78.6 Å². The zero-order valence-corrected chi connectivity index (χ0v) is 11.3. The van der Waals surface area contributed by atoms with E-state index in [0.717, 1.165) is 0 Å². The summed E-state index contributed by atoms with van der Waals surface area (Å²) in [6.45, 7) is 8.93. The molecule has 2 N–H and O–H groups in total. The van der Waals surface area contributed by atoms with Crippen LogP contribution in [-0.2, 0) is 19.5 Å². The van der Waals surface area contributed by atoms with Crippen molar-refractivity contribution in [1.29, 1.82) is 0 Å². The van der Waals surface area contributed by atoms with Crippen molar-refractivity contribution < 1.29 is 17.9 Å². The highest BCUT2D eigenvalue weighted by atomic mass is 32.2. The molecule has 0 aliphatic heterocycles. The van der Waals surface area contributed by atoms with Crippen LogP contribution in [0.5, 0.6) is 0 Å². The fourth-order valence-electron chi connectivity index (χ4n) is 1.29. The van der Waals surface area contributed by atoms with Gasteiger partial charge in [-0.1, -0.05) is 13.8 Å². The molecule has 0 fully saturated rings. The van der Waals surface area contributed by atoms with Gasteiger partial charge in [0.25, 0.3) is 0 Å². The number of hydrogen-bond donors (Lipinski definition) is 1. The average molecular weight is 253 g/mol. The van der Waals surface area contributed by atoms with Crippen molar-refractivity contribution in [2.24, 2.45) is 10.6 Å². The third kappa shape index (κ3) is 9.08. The smallest absolute Gasteiger partial charge is 0.209 e. The minimum absolute atomic E-state index is 0.0419. The maximum absolute atomic E-state index is 11.0. The Morgan fingerprint density at radius 3 is 2.38 bits per heavy atom. The first-order valence-corrected chi connectivity index (χ1v) is 7.07. The zero-order valence-electron chi connectivity index (χ0n) is 10.5. The first-order chi connectivity index (χ1) is 7.16. The van der Waals surface area contributed by atoms with Crippen LogP contribution in [0.2, 0.25) is 0 Å². The average Bonchev–Trinajstić information content (AvgIpc) is 2.07. The predicted octanol–water partition coefficient (Wildman–Crippen LogP) is 0.743. The summed E-state index contributed by atoms with van der Waals surface area (Å²) in [7, 11) is -3.46. The van der Waals surface area contributed by atoms with Gasteiger partial charge in [0.15, 0.2) is 0 Å². The Morgan fingerprint density at radius 2 is 1.94 bits per heavy atom. The standard InChI is InChI=1S/C10H23NO4S/c1-5-14-6-9(2)15-7-10(3,4)8-16(11,12)13/h9H,5-8H2,1-4H3,(H2,11,12,13). The van der Waals surface area contributed by atoms with Crippen LogP contribution in [-0.4, -0.2) is 40.1 Å². The monoisotopic (exact) mass is 253 g/mol. The molecule has 0 spiro atoms. The molecule has 0 aromatic heterocycles. The number of sulfonamides is 1. The molecule has 0 aromatic carbocycles. The molecule has 0 saturated heterocycles. The largest absolute Gasteiger partial charge is 0.379 e. The Kier molecular flexibility index (Phi) is 6.47. The van der Waals surface area contributed by atoms with Crippen LogP contribution in [0.3, 0.4) is 0 Å². The summed E-state index contributed by atoms with van der Waals surface area (Å²) in [6, 6.07) is 0. The molecule has 98 valence electrons. The van der Waals surface area contributed by atoms with Gasteiger partial charge in [0.05, 0.1) is 25.1 Å². The Hall–Kier alpha value is -0.170. The van der Waals surface area contributed by atoms with Crippen LogP contribution in [0.1, 0.15) is 27.7 Å². The summed E-state index contributed by atoms with van der Waals surface area (Å²) in [5, 5.41) is 5.00. The third-order valence-corrected chi connectivity index (χ3v) is 3.09. The fourth-order valence-corrected chi connectivity index (χ4v) is 2.46. The number of nitrogens with two attached hydrogens (primary N) is 1. The van der Waals surface area contributed by atoms with Crippen LogP contribution in [0.15, 0.2) is 0 Å². The third-order valence-electron chi connectivity index (χ3n) is 1.91. The molecular formula is C10H23NO4S. The molecule has 0 rings (SSSR count). The van der Waals surface area contributed by atoms with E-state index >= 15 is 0 Å². The van der Waals surface area contributed by atoms with Gasteiger partial charge in [0.2, 0.25) is 10.0 Å². The van der Waals surface area contributed by atoms with E-state index in [9.17, 15) is 8.42 Å². The molecule has 1 atom stereocenters. The second-order valence-corrected chi connectivity index (χ2v) is 6.37. The van der Waals surface area contributed by atoms with E-state index in [1.807, 2.05) is 27.7 Å². The molecule has 5 nitrogen and oxygen atoms in total. The van der Waals surface area contributed by atoms with Crippen LogP contribution in [0.4, 0.5) is 0 Å². The Morgan fingerprint density at radius 1 is 1.38 bits per heavy atom. The molecule has 6 heteroatoms. The normalized spacial score (nSPS) is 15.1. The first-order valence-electron chi connectivity index (χ1n) is 5.36.